The van der Waals surface area contributed by atoms with E-state index in [0.717, 1.165) is 36.1 Å². The second kappa shape index (κ2) is 15.4. The van der Waals surface area contributed by atoms with Crippen LogP contribution in [0.3, 0.4) is 0 Å². The predicted octanol–water partition coefficient (Wildman–Crippen LogP) is 6.50. The van der Waals surface area contributed by atoms with Crippen molar-refractivity contribution in [1.29, 1.82) is 5.26 Å². The number of hydrogen-bond donors (Lipinski definition) is 2. The molecule has 10 heteroatoms. The zero-order valence-electron chi connectivity index (χ0n) is 24.2. The molecule has 1 aromatic heterocycles. The zero-order valence-corrected chi connectivity index (χ0v) is 26.5. The first-order valence-corrected chi connectivity index (χ1v) is 15.6. The number of amides is 1. The summed E-state index contributed by atoms with van der Waals surface area (Å²) >= 11 is 18.8. The molecule has 2 N–H and O–H groups in total. The van der Waals surface area contributed by atoms with Crippen molar-refractivity contribution in [3.8, 4) is 6.07 Å². The Balaban J connectivity index is 1.46. The van der Waals surface area contributed by atoms with Gasteiger partial charge in [0.05, 0.1) is 34.4 Å². The van der Waals surface area contributed by atoms with Crippen LogP contribution in [0.1, 0.15) is 68.3 Å². The van der Waals surface area contributed by atoms with Gasteiger partial charge in [0.15, 0.2) is 5.11 Å². The van der Waals surface area contributed by atoms with Crippen LogP contribution in [0.4, 0.5) is 0 Å². The molecule has 4 rings (SSSR count). The minimum atomic E-state index is -0.131. The van der Waals surface area contributed by atoms with Gasteiger partial charge in [-0.05, 0) is 66.7 Å². The number of carbonyl (C=O) groups is 1. The molecule has 7 nitrogen and oxygen atoms in total. The summed E-state index contributed by atoms with van der Waals surface area (Å²) in [5.74, 6) is 0.294. The van der Waals surface area contributed by atoms with Gasteiger partial charge >= 0.3 is 0 Å². The van der Waals surface area contributed by atoms with E-state index in [4.69, 9.17) is 40.7 Å². The Kier molecular flexibility index (Phi) is 11.6. The number of halogens is 2. The third kappa shape index (κ3) is 9.19. The fraction of sp³-hybridized carbons (Fsp3) is 0.438. The molecule has 1 aliphatic rings. The Labute approximate surface area is 264 Å². The molecule has 1 heterocycles. The van der Waals surface area contributed by atoms with Crippen molar-refractivity contribution >= 4 is 46.4 Å². The second-order valence-electron chi connectivity index (χ2n) is 11.4. The summed E-state index contributed by atoms with van der Waals surface area (Å²) < 4.78 is 1.96. The Morgan fingerprint density at radius 3 is 2.62 bits per heavy atom. The lowest BCUT2D eigenvalue weighted by Gasteiger charge is -2.33. The summed E-state index contributed by atoms with van der Waals surface area (Å²) in [6.07, 6.45) is 9.08. The van der Waals surface area contributed by atoms with Crippen LogP contribution < -0.4 is 10.6 Å². The Morgan fingerprint density at radius 1 is 1.19 bits per heavy atom. The van der Waals surface area contributed by atoms with Crippen molar-refractivity contribution in [3.05, 3.63) is 87.4 Å². The van der Waals surface area contributed by atoms with Crippen LogP contribution in [0, 0.1) is 17.2 Å². The molecule has 1 saturated carbocycles. The summed E-state index contributed by atoms with van der Waals surface area (Å²) in [7, 11) is 0. The molecule has 0 radical (unpaired) electrons. The van der Waals surface area contributed by atoms with E-state index in [1.165, 1.54) is 12.8 Å². The van der Waals surface area contributed by atoms with Gasteiger partial charge in [-0.25, -0.2) is 4.98 Å². The van der Waals surface area contributed by atoms with Gasteiger partial charge in [0.1, 0.15) is 0 Å². The van der Waals surface area contributed by atoms with Gasteiger partial charge < -0.3 is 20.1 Å². The molecule has 1 aliphatic carbocycles. The molecule has 0 bridgehead atoms. The van der Waals surface area contributed by atoms with Crippen molar-refractivity contribution in [2.75, 3.05) is 6.54 Å². The predicted molar refractivity (Wildman–Crippen MR) is 172 cm³/mol. The molecule has 1 atom stereocenters. The smallest absolute Gasteiger partial charge is 0.226 e. The summed E-state index contributed by atoms with van der Waals surface area (Å²) in [6, 6.07) is 15.4. The van der Waals surface area contributed by atoms with E-state index < -0.39 is 0 Å². The average Bonchev–Trinajstić information content (AvgIpc) is 3.63. The van der Waals surface area contributed by atoms with Gasteiger partial charge in [-0.3, -0.25) is 4.79 Å². The molecule has 1 fully saturated rings. The highest BCUT2D eigenvalue weighted by atomic mass is 35.5. The largest absolute Gasteiger partial charge is 0.360 e. The fourth-order valence-electron chi connectivity index (χ4n) is 5.41. The number of nitriles is 1. The number of imidazole rings is 1. The van der Waals surface area contributed by atoms with Crippen LogP contribution in [0.2, 0.25) is 10.0 Å². The average molecular weight is 626 g/mol. The standard InChI is InChI=1S/C32H38Cl2N6OS/c1-22(2)14-27(37-30(41)15-28-17-36-21-40(28)18-24-12-10-23(16-35)11-13-24)20-39(32(42)38-26-7-3-4-8-26)19-25-6-5-9-29(33)31(25)34/h5-6,9-13,17,21-22,26-27H,3-4,7-8,14-15,18-20H2,1-2H3,(H,37,41)(H,38,42)/t27-/m0/s1. The SMILES string of the molecule is CC(C)C[C@@H](CN(Cc1cccc(Cl)c1Cl)C(=S)NC1CCCC1)NC(=O)Cc1cncn1Cc1ccc(C#N)cc1. The zero-order chi connectivity index (χ0) is 30.1. The highest BCUT2D eigenvalue weighted by Gasteiger charge is 2.24. The van der Waals surface area contributed by atoms with Crippen molar-refractivity contribution in [2.45, 2.75) is 77.5 Å². The second-order valence-corrected chi connectivity index (χ2v) is 12.6. The first-order chi connectivity index (χ1) is 20.2. The molecule has 2 aromatic carbocycles. The maximum atomic E-state index is 13.4. The van der Waals surface area contributed by atoms with E-state index in [9.17, 15) is 4.79 Å². The van der Waals surface area contributed by atoms with Crippen LogP contribution in [0.15, 0.2) is 55.0 Å². The molecule has 0 aliphatic heterocycles. The normalized spacial score (nSPS) is 14.0. The monoisotopic (exact) mass is 624 g/mol. The first kappa shape index (κ1) is 31.8. The molecular formula is C32H38Cl2N6OS. The highest BCUT2D eigenvalue weighted by molar-refractivity contribution is 7.80. The van der Waals surface area contributed by atoms with Crippen LogP contribution in [-0.2, 0) is 24.3 Å². The Morgan fingerprint density at radius 2 is 1.93 bits per heavy atom. The molecule has 222 valence electrons. The highest BCUT2D eigenvalue weighted by Crippen LogP contribution is 2.27. The van der Waals surface area contributed by atoms with Crippen LogP contribution in [-0.4, -0.2) is 44.1 Å². The van der Waals surface area contributed by atoms with Crippen molar-refractivity contribution in [2.24, 2.45) is 5.92 Å². The Hall–Kier alpha value is -3.12. The first-order valence-electron chi connectivity index (χ1n) is 14.5. The van der Waals surface area contributed by atoms with Gasteiger partial charge in [0.25, 0.3) is 0 Å². The third-order valence-electron chi connectivity index (χ3n) is 7.50. The van der Waals surface area contributed by atoms with E-state index in [0.29, 0.717) is 52.3 Å². The summed E-state index contributed by atoms with van der Waals surface area (Å²) in [5, 5.41) is 17.6. The van der Waals surface area contributed by atoms with Gasteiger partial charge in [-0.2, -0.15) is 5.26 Å². The van der Waals surface area contributed by atoms with Crippen molar-refractivity contribution in [1.82, 2.24) is 25.1 Å². The molecule has 0 unspecified atom stereocenters. The molecule has 0 spiro atoms. The van der Waals surface area contributed by atoms with Gasteiger partial charge in [-0.1, -0.05) is 74.2 Å². The molecule has 3 aromatic rings. The lowest BCUT2D eigenvalue weighted by atomic mass is 10.0. The van der Waals surface area contributed by atoms with Crippen molar-refractivity contribution < 1.29 is 4.79 Å². The number of aromatic nitrogens is 2. The summed E-state index contributed by atoms with van der Waals surface area (Å²) in [4.78, 5) is 19.8. The maximum Gasteiger partial charge on any atom is 0.226 e. The van der Waals surface area contributed by atoms with Crippen LogP contribution in [0.5, 0.6) is 0 Å². The molecular weight excluding hydrogens is 587 g/mol. The number of nitrogens with zero attached hydrogens (tertiary/aromatic N) is 4. The van der Waals surface area contributed by atoms with E-state index in [2.05, 4.69) is 40.4 Å². The van der Waals surface area contributed by atoms with Crippen LogP contribution in [0.25, 0.3) is 0 Å². The quantitative estimate of drug-likeness (QED) is 0.224. The number of carbonyl (C=O) groups excluding carboxylic acids is 1. The Bertz CT molecular complexity index is 1390. The number of hydrogen-bond acceptors (Lipinski definition) is 4. The minimum absolute atomic E-state index is 0.0716. The van der Waals surface area contributed by atoms with E-state index in [1.807, 2.05) is 28.8 Å². The van der Waals surface area contributed by atoms with E-state index >= 15 is 0 Å². The number of rotatable bonds is 12. The van der Waals surface area contributed by atoms with E-state index in [1.54, 1.807) is 30.7 Å². The number of thiocarbonyl (C=S) groups is 1. The molecule has 42 heavy (non-hydrogen) atoms. The van der Waals surface area contributed by atoms with Crippen molar-refractivity contribution in [3.63, 3.8) is 0 Å². The number of nitrogens with one attached hydrogen (secondary N) is 2. The lowest BCUT2D eigenvalue weighted by molar-refractivity contribution is -0.121. The van der Waals surface area contributed by atoms with E-state index in [-0.39, 0.29) is 18.4 Å². The third-order valence-corrected chi connectivity index (χ3v) is 8.73. The van der Waals surface area contributed by atoms with Crippen LogP contribution >= 0.6 is 35.4 Å². The number of benzene rings is 2. The fourth-order valence-corrected chi connectivity index (χ4v) is 6.09. The van der Waals surface area contributed by atoms with Gasteiger partial charge in [0, 0.05) is 43.6 Å². The maximum absolute atomic E-state index is 13.4. The lowest BCUT2D eigenvalue weighted by Crippen LogP contribution is -2.50. The van der Waals surface area contributed by atoms with Gasteiger partial charge in [0.2, 0.25) is 5.91 Å². The molecule has 0 saturated heterocycles. The molecule has 1 amide bonds. The minimum Gasteiger partial charge on any atom is -0.360 e. The topological polar surface area (TPSA) is 86.0 Å². The summed E-state index contributed by atoms with van der Waals surface area (Å²) in [5.41, 5.74) is 3.36. The summed E-state index contributed by atoms with van der Waals surface area (Å²) in [6.45, 7) is 5.90. The van der Waals surface area contributed by atoms with Gasteiger partial charge in [-0.15, -0.1) is 0 Å².